The highest BCUT2D eigenvalue weighted by atomic mass is 16.6. The van der Waals surface area contributed by atoms with Crippen molar-refractivity contribution in [3.05, 3.63) is 58.7 Å². The average molecular weight is 675 g/mol. The number of aliphatic hydroxyl groups is 2. The first kappa shape index (κ1) is 41.4. The SMILES string of the molecule is COCCOCCOCCOCCOCCOc1ccc(CCN(C)CCCC(C#N)(c2ccc(CO)c(CO)c2)C(C)C)cc1OC. The van der Waals surface area contributed by atoms with Gasteiger partial charge in [-0.05, 0) is 73.2 Å². The minimum atomic E-state index is -0.670. The summed E-state index contributed by atoms with van der Waals surface area (Å²) < 4.78 is 38.3. The van der Waals surface area contributed by atoms with Gasteiger partial charge < -0.3 is 48.3 Å². The molecule has 11 heteroatoms. The second-order valence-corrected chi connectivity index (χ2v) is 12.0. The fourth-order valence-electron chi connectivity index (χ4n) is 5.38. The Morgan fingerprint density at radius 2 is 1.35 bits per heavy atom. The Kier molecular flexibility index (Phi) is 21.0. The molecule has 2 N–H and O–H groups in total. The third-order valence-corrected chi connectivity index (χ3v) is 8.40. The smallest absolute Gasteiger partial charge is 0.161 e. The molecule has 11 nitrogen and oxygen atoms in total. The number of methoxy groups -OCH3 is 2. The van der Waals surface area contributed by atoms with E-state index in [1.54, 1.807) is 14.2 Å². The number of ether oxygens (including phenoxy) is 7. The van der Waals surface area contributed by atoms with E-state index in [1.165, 1.54) is 0 Å². The normalized spacial score (nSPS) is 12.8. The predicted molar refractivity (Wildman–Crippen MR) is 184 cm³/mol. The highest BCUT2D eigenvalue weighted by Gasteiger charge is 2.36. The van der Waals surface area contributed by atoms with E-state index in [-0.39, 0.29) is 19.1 Å². The molecule has 0 saturated carbocycles. The van der Waals surface area contributed by atoms with Gasteiger partial charge in [0, 0.05) is 13.7 Å². The summed E-state index contributed by atoms with van der Waals surface area (Å²) in [5, 5.41) is 29.7. The standard InChI is InChI=1S/C37H58N2O9/c1-30(2)37(29-38,34-9-8-32(27-40)33(26-34)28-41)12-6-13-39(3)14-11-31-7-10-35(36(25-31)43-5)48-24-23-47-22-21-46-20-19-45-18-17-44-16-15-42-4/h7-10,25-26,30,40-41H,6,11-24,27-28H2,1-5H3. The molecule has 2 aromatic carbocycles. The summed E-state index contributed by atoms with van der Waals surface area (Å²) in [6.07, 6.45) is 2.40. The molecule has 2 aromatic rings. The molecule has 1 unspecified atom stereocenters. The van der Waals surface area contributed by atoms with Gasteiger partial charge in [0.05, 0.1) is 91.3 Å². The van der Waals surface area contributed by atoms with E-state index in [4.69, 9.17) is 33.2 Å². The Labute approximate surface area is 287 Å². The number of likely N-dealkylation sites (N-methyl/N-ethyl adjacent to an activating group) is 1. The molecule has 0 aromatic heterocycles. The summed E-state index contributed by atoms with van der Waals surface area (Å²) in [4.78, 5) is 2.28. The van der Waals surface area contributed by atoms with Crippen LogP contribution in [-0.2, 0) is 48.7 Å². The third kappa shape index (κ3) is 14.4. The van der Waals surface area contributed by atoms with Gasteiger partial charge >= 0.3 is 0 Å². The van der Waals surface area contributed by atoms with E-state index in [1.807, 2.05) is 30.3 Å². The number of hydrogen-bond acceptors (Lipinski definition) is 11. The van der Waals surface area contributed by atoms with Crippen molar-refractivity contribution in [2.75, 3.05) is 100 Å². The van der Waals surface area contributed by atoms with Gasteiger partial charge in [0.15, 0.2) is 11.5 Å². The number of nitrogens with zero attached hydrogens (tertiary/aromatic N) is 2. The fourth-order valence-corrected chi connectivity index (χ4v) is 5.38. The van der Waals surface area contributed by atoms with Gasteiger partial charge in [-0.1, -0.05) is 38.1 Å². The van der Waals surface area contributed by atoms with Crippen LogP contribution in [0.3, 0.4) is 0 Å². The fraction of sp³-hybridized carbons (Fsp3) is 0.649. The first-order valence-corrected chi connectivity index (χ1v) is 16.9. The maximum absolute atomic E-state index is 10.3. The molecule has 0 spiro atoms. The third-order valence-electron chi connectivity index (χ3n) is 8.40. The molecule has 270 valence electrons. The lowest BCUT2D eigenvalue weighted by Gasteiger charge is -2.32. The summed E-state index contributed by atoms with van der Waals surface area (Å²) in [5.41, 5.74) is 2.73. The van der Waals surface area contributed by atoms with Crippen molar-refractivity contribution in [1.29, 1.82) is 5.26 Å². The predicted octanol–water partition coefficient (Wildman–Crippen LogP) is 4.14. The van der Waals surface area contributed by atoms with Gasteiger partial charge in [-0.2, -0.15) is 5.26 Å². The molecular formula is C37H58N2O9. The molecule has 0 aliphatic heterocycles. The highest BCUT2D eigenvalue weighted by molar-refractivity contribution is 5.43. The average Bonchev–Trinajstić information content (AvgIpc) is 3.10. The van der Waals surface area contributed by atoms with Crippen LogP contribution < -0.4 is 9.47 Å². The van der Waals surface area contributed by atoms with Gasteiger partial charge in [0.1, 0.15) is 6.61 Å². The van der Waals surface area contributed by atoms with Crippen molar-refractivity contribution in [2.45, 2.75) is 51.7 Å². The molecule has 0 amide bonds. The molecular weight excluding hydrogens is 616 g/mol. The summed E-state index contributed by atoms with van der Waals surface area (Å²) in [6, 6.07) is 14.2. The van der Waals surface area contributed by atoms with E-state index in [0.29, 0.717) is 95.1 Å². The molecule has 0 aliphatic rings. The van der Waals surface area contributed by atoms with Crippen molar-refractivity contribution in [3.63, 3.8) is 0 Å². The molecule has 0 bridgehead atoms. The topological polar surface area (TPSA) is 132 Å². The minimum Gasteiger partial charge on any atom is -0.493 e. The number of hydrogen-bond donors (Lipinski definition) is 2. The number of nitriles is 1. The highest BCUT2D eigenvalue weighted by Crippen LogP contribution is 2.37. The quantitative estimate of drug-likeness (QED) is 0.126. The summed E-state index contributed by atoms with van der Waals surface area (Å²) >= 11 is 0. The summed E-state index contributed by atoms with van der Waals surface area (Å²) in [7, 11) is 5.38. The molecule has 0 heterocycles. The summed E-state index contributed by atoms with van der Waals surface area (Å²) in [5.74, 6) is 1.45. The molecule has 0 saturated heterocycles. The molecule has 0 aliphatic carbocycles. The lowest BCUT2D eigenvalue weighted by Crippen LogP contribution is -2.33. The van der Waals surface area contributed by atoms with Gasteiger partial charge in [0.2, 0.25) is 0 Å². The van der Waals surface area contributed by atoms with Crippen LogP contribution >= 0.6 is 0 Å². The molecule has 0 radical (unpaired) electrons. The van der Waals surface area contributed by atoms with Crippen molar-refractivity contribution in [1.82, 2.24) is 4.90 Å². The first-order valence-electron chi connectivity index (χ1n) is 16.9. The zero-order valence-electron chi connectivity index (χ0n) is 29.7. The second kappa shape index (κ2) is 24.4. The number of benzene rings is 2. The van der Waals surface area contributed by atoms with E-state index in [9.17, 15) is 15.5 Å². The Morgan fingerprint density at radius 1 is 0.750 bits per heavy atom. The second-order valence-electron chi connectivity index (χ2n) is 12.0. The van der Waals surface area contributed by atoms with E-state index in [2.05, 4.69) is 37.9 Å². The molecule has 1 atom stereocenters. The van der Waals surface area contributed by atoms with Crippen LogP contribution in [0.5, 0.6) is 11.5 Å². The van der Waals surface area contributed by atoms with Crippen molar-refractivity contribution >= 4 is 0 Å². The maximum Gasteiger partial charge on any atom is 0.161 e. The Bertz CT molecular complexity index is 1190. The zero-order chi connectivity index (χ0) is 35.0. The summed E-state index contributed by atoms with van der Waals surface area (Å²) in [6.45, 7) is 10.6. The van der Waals surface area contributed by atoms with Crippen LogP contribution in [0.4, 0.5) is 0 Å². The minimum absolute atomic E-state index is 0.0896. The number of aliphatic hydroxyl groups excluding tert-OH is 2. The van der Waals surface area contributed by atoms with Gasteiger partial charge in [-0.25, -0.2) is 0 Å². The van der Waals surface area contributed by atoms with Crippen LogP contribution in [0, 0.1) is 17.2 Å². The Hall–Kier alpha value is -2.79. The lowest BCUT2D eigenvalue weighted by atomic mass is 9.69. The lowest BCUT2D eigenvalue weighted by molar-refractivity contribution is -0.00983. The number of rotatable bonds is 28. The van der Waals surface area contributed by atoms with Crippen LogP contribution in [0.25, 0.3) is 0 Å². The molecule has 48 heavy (non-hydrogen) atoms. The maximum atomic E-state index is 10.3. The van der Waals surface area contributed by atoms with Crippen molar-refractivity contribution in [3.8, 4) is 17.6 Å². The first-order chi connectivity index (χ1) is 23.3. The van der Waals surface area contributed by atoms with Gasteiger partial charge in [-0.15, -0.1) is 0 Å². The van der Waals surface area contributed by atoms with E-state index in [0.717, 1.165) is 37.1 Å². The van der Waals surface area contributed by atoms with Crippen molar-refractivity contribution < 1.29 is 43.4 Å². The largest absolute Gasteiger partial charge is 0.493 e. The van der Waals surface area contributed by atoms with Crippen LogP contribution in [0.15, 0.2) is 36.4 Å². The zero-order valence-corrected chi connectivity index (χ0v) is 29.7. The van der Waals surface area contributed by atoms with Crippen LogP contribution in [-0.4, -0.2) is 116 Å². The monoisotopic (exact) mass is 674 g/mol. The van der Waals surface area contributed by atoms with Gasteiger partial charge in [-0.3, -0.25) is 0 Å². The Morgan fingerprint density at radius 3 is 1.90 bits per heavy atom. The van der Waals surface area contributed by atoms with Crippen LogP contribution in [0.1, 0.15) is 48.9 Å². The van der Waals surface area contributed by atoms with Crippen LogP contribution in [0.2, 0.25) is 0 Å². The Balaban J connectivity index is 1.69. The van der Waals surface area contributed by atoms with E-state index < -0.39 is 5.41 Å². The van der Waals surface area contributed by atoms with Gasteiger partial charge in [0.25, 0.3) is 0 Å². The van der Waals surface area contributed by atoms with E-state index >= 15 is 0 Å². The van der Waals surface area contributed by atoms with Crippen molar-refractivity contribution in [2.24, 2.45) is 5.92 Å². The molecule has 0 fully saturated rings. The molecule has 2 rings (SSSR count).